The van der Waals surface area contributed by atoms with Gasteiger partial charge in [0, 0.05) is 38.5 Å². The number of hydrogen-bond acceptors (Lipinski definition) is 6. The average molecular weight is 484 g/mol. The zero-order valence-corrected chi connectivity index (χ0v) is 18.4. The molecule has 3 rings (SSSR count). The van der Waals surface area contributed by atoms with Crippen molar-refractivity contribution < 1.29 is 32.2 Å². The van der Waals surface area contributed by atoms with Gasteiger partial charge in [0.25, 0.3) is 5.91 Å². The lowest BCUT2D eigenvalue weighted by atomic mass is 10.2. The summed E-state index contributed by atoms with van der Waals surface area (Å²) in [4.78, 5) is 31.3. The number of amides is 1. The number of esters is 1. The second-order valence-corrected chi connectivity index (χ2v) is 7.52. The maximum atomic E-state index is 12.8. The van der Waals surface area contributed by atoms with Gasteiger partial charge >= 0.3 is 12.1 Å². The highest BCUT2D eigenvalue weighted by Crippen LogP contribution is 2.33. The van der Waals surface area contributed by atoms with E-state index in [4.69, 9.17) is 21.1 Å². The highest BCUT2D eigenvalue weighted by molar-refractivity contribution is 6.33. The van der Waals surface area contributed by atoms with Crippen LogP contribution >= 0.6 is 11.6 Å². The van der Waals surface area contributed by atoms with Gasteiger partial charge in [-0.2, -0.15) is 13.2 Å². The molecule has 11 heteroatoms. The molecule has 1 saturated heterocycles. The maximum Gasteiger partial charge on any atom is 0.417 e. The lowest BCUT2D eigenvalue weighted by Crippen LogP contribution is -2.50. The van der Waals surface area contributed by atoms with Crippen molar-refractivity contribution in [2.24, 2.45) is 0 Å². The average Bonchev–Trinajstić information content (AvgIpc) is 2.80. The summed E-state index contributed by atoms with van der Waals surface area (Å²) in [7, 11) is 1.54. The summed E-state index contributed by atoms with van der Waals surface area (Å²) < 4.78 is 48.4. The van der Waals surface area contributed by atoms with Crippen molar-refractivity contribution in [2.45, 2.75) is 6.18 Å². The van der Waals surface area contributed by atoms with Crippen LogP contribution in [0.25, 0.3) is 6.08 Å². The first-order valence-electron chi connectivity index (χ1n) is 9.91. The van der Waals surface area contributed by atoms with Gasteiger partial charge in [0.1, 0.15) is 11.6 Å². The molecule has 1 fully saturated rings. The predicted molar refractivity (Wildman–Crippen MR) is 116 cm³/mol. The summed E-state index contributed by atoms with van der Waals surface area (Å²) in [5, 5.41) is -0.110. The van der Waals surface area contributed by atoms with Crippen LogP contribution in [0.4, 0.5) is 19.0 Å². The number of ether oxygens (including phenoxy) is 2. The number of rotatable bonds is 6. The SMILES string of the molecule is COc1cccc(/C=C/C(=O)OCC(=O)N2CCN(c3ncc(C(F)(F)F)cc3Cl)CC2)c1. The van der Waals surface area contributed by atoms with Gasteiger partial charge in [0.15, 0.2) is 6.61 Å². The number of benzene rings is 1. The van der Waals surface area contributed by atoms with Gasteiger partial charge in [-0.15, -0.1) is 0 Å². The second kappa shape index (κ2) is 10.6. The van der Waals surface area contributed by atoms with Gasteiger partial charge in [-0.1, -0.05) is 23.7 Å². The number of piperazine rings is 1. The van der Waals surface area contributed by atoms with Crippen LogP contribution in [0.5, 0.6) is 5.75 Å². The first kappa shape index (κ1) is 24.4. The minimum absolute atomic E-state index is 0.110. The number of aromatic nitrogens is 1. The number of carbonyl (C=O) groups is 2. The molecule has 176 valence electrons. The Balaban J connectivity index is 1.47. The van der Waals surface area contributed by atoms with E-state index in [1.807, 2.05) is 0 Å². The highest BCUT2D eigenvalue weighted by atomic mass is 35.5. The Hall–Kier alpha value is -3.27. The molecule has 0 atom stereocenters. The molecule has 0 saturated carbocycles. The predicted octanol–water partition coefficient (Wildman–Crippen LogP) is 3.67. The third-order valence-electron chi connectivity index (χ3n) is 4.92. The van der Waals surface area contributed by atoms with Crippen molar-refractivity contribution in [3.05, 3.63) is 58.8 Å². The molecule has 0 radical (unpaired) electrons. The number of nitrogens with zero attached hydrogens (tertiary/aromatic N) is 3. The Morgan fingerprint density at radius 2 is 1.91 bits per heavy atom. The van der Waals surface area contributed by atoms with Crippen molar-refractivity contribution >= 4 is 35.4 Å². The van der Waals surface area contributed by atoms with E-state index >= 15 is 0 Å². The molecule has 0 bridgehead atoms. The lowest BCUT2D eigenvalue weighted by Gasteiger charge is -2.35. The molecule has 0 N–H and O–H groups in total. The largest absolute Gasteiger partial charge is 0.497 e. The van der Waals surface area contributed by atoms with Crippen LogP contribution in [-0.4, -0.2) is 61.7 Å². The van der Waals surface area contributed by atoms with E-state index in [2.05, 4.69) is 4.98 Å². The van der Waals surface area contributed by atoms with Gasteiger partial charge in [-0.3, -0.25) is 4.79 Å². The molecule has 1 aliphatic rings. The van der Waals surface area contributed by atoms with Crippen LogP contribution in [0.15, 0.2) is 42.6 Å². The third kappa shape index (κ3) is 6.61. The molecular formula is C22H21ClF3N3O4. The first-order valence-corrected chi connectivity index (χ1v) is 10.3. The number of carbonyl (C=O) groups excluding carboxylic acids is 2. The summed E-state index contributed by atoms with van der Waals surface area (Å²) in [5.74, 6) is -0.159. The van der Waals surface area contributed by atoms with Crippen LogP contribution in [0, 0.1) is 0 Å². The van der Waals surface area contributed by atoms with Crippen molar-refractivity contribution in [2.75, 3.05) is 44.8 Å². The first-order chi connectivity index (χ1) is 15.7. The van der Waals surface area contributed by atoms with E-state index in [9.17, 15) is 22.8 Å². The molecule has 2 heterocycles. The fourth-order valence-corrected chi connectivity index (χ4v) is 3.45. The van der Waals surface area contributed by atoms with Gasteiger partial charge in [-0.25, -0.2) is 9.78 Å². The number of hydrogen-bond donors (Lipinski definition) is 0. The number of alkyl halides is 3. The van der Waals surface area contributed by atoms with Gasteiger partial charge in [-0.05, 0) is 29.8 Å². The summed E-state index contributed by atoms with van der Waals surface area (Å²) in [6, 6.07) is 7.91. The quantitative estimate of drug-likeness (QED) is 0.461. The summed E-state index contributed by atoms with van der Waals surface area (Å²) in [5.41, 5.74) is -0.184. The van der Waals surface area contributed by atoms with Crippen LogP contribution in [0.2, 0.25) is 5.02 Å². The van der Waals surface area contributed by atoms with Crippen LogP contribution in [0.3, 0.4) is 0 Å². The molecule has 2 aromatic rings. The standard InChI is InChI=1S/C22H21ClF3N3O4/c1-32-17-4-2-3-15(11-17)5-6-20(31)33-14-19(30)28-7-9-29(10-8-28)21-18(23)12-16(13-27-21)22(24,25)26/h2-6,11-13H,7-10,14H2,1H3/b6-5+. The topological polar surface area (TPSA) is 72.0 Å². The smallest absolute Gasteiger partial charge is 0.417 e. The van der Waals surface area contributed by atoms with Crippen molar-refractivity contribution in [3.63, 3.8) is 0 Å². The van der Waals surface area contributed by atoms with E-state index < -0.39 is 24.3 Å². The Labute approximate surface area is 193 Å². The van der Waals surface area contributed by atoms with Crippen LogP contribution in [-0.2, 0) is 20.5 Å². The van der Waals surface area contributed by atoms with Crippen LogP contribution in [0.1, 0.15) is 11.1 Å². The summed E-state index contributed by atoms with van der Waals surface area (Å²) in [6.45, 7) is 0.811. The molecule has 1 aromatic carbocycles. The minimum atomic E-state index is -4.53. The van der Waals surface area contributed by atoms with Crippen LogP contribution < -0.4 is 9.64 Å². The van der Waals surface area contributed by atoms with E-state index in [1.165, 1.54) is 18.1 Å². The van der Waals surface area contributed by atoms with E-state index in [-0.39, 0.29) is 29.8 Å². The third-order valence-corrected chi connectivity index (χ3v) is 5.20. The zero-order valence-electron chi connectivity index (χ0n) is 17.6. The van der Waals surface area contributed by atoms with E-state index in [1.54, 1.807) is 35.2 Å². The summed E-state index contributed by atoms with van der Waals surface area (Å²) >= 11 is 5.99. The Kier molecular flexibility index (Phi) is 7.80. The highest BCUT2D eigenvalue weighted by Gasteiger charge is 2.32. The molecule has 33 heavy (non-hydrogen) atoms. The number of anilines is 1. The Bertz CT molecular complexity index is 1040. The fourth-order valence-electron chi connectivity index (χ4n) is 3.17. The molecule has 0 unspecified atom stereocenters. The molecular weight excluding hydrogens is 463 g/mol. The van der Waals surface area contributed by atoms with Crippen molar-refractivity contribution in [1.82, 2.24) is 9.88 Å². The van der Waals surface area contributed by atoms with Crippen molar-refractivity contribution in [3.8, 4) is 5.75 Å². The molecule has 1 amide bonds. The molecule has 0 spiro atoms. The molecule has 1 aromatic heterocycles. The number of pyridine rings is 1. The van der Waals surface area contributed by atoms with E-state index in [0.29, 0.717) is 18.8 Å². The maximum absolute atomic E-state index is 12.8. The summed E-state index contributed by atoms with van der Waals surface area (Å²) in [6.07, 6.45) is -1.02. The van der Waals surface area contributed by atoms with E-state index in [0.717, 1.165) is 17.8 Å². The second-order valence-electron chi connectivity index (χ2n) is 7.11. The number of halogens is 4. The van der Waals surface area contributed by atoms with Crippen molar-refractivity contribution in [1.29, 1.82) is 0 Å². The fraction of sp³-hybridized carbons (Fsp3) is 0.318. The molecule has 1 aliphatic heterocycles. The molecule has 7 nitrogen and oxygen atoms in total. The Morgan fingerprint density at radius 1 is 1.18 bits per heavy atom. The number of methoxy groups -OCH3 is 1. The minimum Gasteiger partial charge on any atom is -0.497 e. The normalized spacial score (nSPS) is 14.5. The van der Waals surface area contributed by atoms with Gasteiger partial charge in [0.05, 0.1) is 17.7 Å². The van der Waals surface area contributed by atoms with Gasteiger partial charge in [0.2, 0.25) is 0 Å². The molecule has 0 aliphatic carbocycles. The van der Waals surface area contributed by atoms with Gasteiger partial charge < -0.3 is 19.3 Å². The monoisotopic (exact) mass is 483 g/mol. The lowest BCUT2D eigenvalue weighted by molar-refractivity contribution is -0.148. The zero-order chi connectivity index (χ0) is 24.0. The Morgan fingerprint density at radius 3 is 2.55 bits per heavy atom.